The molecule has 3 N–H and O–H groups in total. The lowest BCUT2D eigenvalue weighted by molar-refractivity contribution is 0.0697. The predicted molar refractivity (Wildman–Crippen MR) is 123 cm³/mol. The molecule has 1 heterocycles. The van der Waals surface area contributed by atoms with Crippen molar-refractivity contribution in [1.29, 1.82) is 0 Å². The van der Waals surface area contributed by atoms with Crippen molar-refractivity contribution < 1.29 is 22.7 Å². The van der Waals surface area contributed by atoms with Gasteiger partial charge in [0.15, 0.2) is 0 Å². The summed E-state index contributed by atoms with van der Waals surface area (Å²) in [5, 5.41) is 12.4. The Morgan fingerprint density at radius 2 is 1.79 bits per heavy atom. The van der Waals surface area contributed by atoms with Crippen molar-refractivity contribution in [1.82, 2.24) is 0 Å². The van der Waals surface area contributed by atoms with Gasteiger partial charge < -0.3 is 10.4 Å². The lowest BCUT2D eigenvalue weighted by atomic mass is 9.77. The molecule has 0 saturated heterocycles. The van der Waals surface area contributed by atoms with E-state index in [9.17, 15) is 17.6 Å². The van der Waals surface area contributed by atoms with Crippen molar-refractivity contribution in [2.75, 3.05) is 10.0 Å². The van der Waals surface area contributed by atoms with Crippen LogP contribution in [0.4, 0.5) is 15.8 Å². The molecule has 3 aromatic rings. The topological polar surface area (TPSA) is 95.5 Å². The Morgan fingerprint density at radius 3 is 2.52 bits per heavy atom. The minimum Gasteiger partial charge on any atom is -0.478 e. The monoisotopic (exact) mass is 464 g/mol. The molecular formula is C25H21FN2O4S. The SMILES string of the molecule is O=C(O)c1ccc(NS(=O)(=O)c2ccc3c(c2)[C@@H]2C=CC[C@H]2[C@H](c2ccccc2F)N3)cc1. The highest BCUT2D eigenvalue weighted by atomic mass is 32.2. The standard InChI is InChI=1S/C25H21FN2O4S/c26-22-7-2-1-4-20(22)24-19-6-3-5-18(19)21-14-17(12-13-23(21)27-24)33(31,32)28-16-10-8-15(9-11-16)25(29)30/h1-5,7-14,18-19,24,27-28H,6H2,(H,29,30)/t18-,19-,24-/m1/s1. The van der Waals surface area contributed by atoms with Gasteiger partial charge in [0.1, 0.15) is 5.82 Å². The van der Waals surface area contributed by atoms with Crippen LogP contribution in [-0.2, 0) is 10.0 Å². The summed E-state index contributed by atoms with van der Waals surface area (Å²) in [5.74, 6) is -1.30. The molecular weight excluding hydrogens is 443 g/mol. The molecule has 0 bridgehead atoms. The molecule has 1 aliphatic heterocycles. The molecule has 0 spiro atoms. The summed E-state index contributed by atoms with van der Waals surface area (Å²) in [6, 6.07) is 16.9. The first-order valence-corrected chi connectivity index (χ1v) is 12.0. The Kier molecular flexibility index (Phi) is 5.17. The lowest BCUT2D eigenvalue weighted by Gasteiger charge is -2.37. The number of sulfonamides is 1. The van der Waals surface area contributed by atoms with E-state index in [0.717, 1.165) is 17.7 Å². The van der Waals surface area contributed by atoms with E-state index in [-0.39, 0.29) is 39.8 Å². The van der Waals surface area contributed by atoms with E-state index in [1.54, 1.807) is 24.3 Å². The van der Waals surface area contributed by atoms with Gasteiger partial charge in [0.05, 0.1) is 16.5 Å². The maximum atomic E-state index is 14.5. The second kappa shape index (κ2) is 8.04. The van der Waals surface area contributed by atoms with E-state index < -0.39 is 16.0 Å². The van der Waals surface area contributed by atoms with Crippen molar-refractivity contribution in [2.24, 2.45) is 5.92 Å². The summed E-state index contributed by atoms with van der Waals surface area (Å²) in [4.78, 5) is 11.1. The number of allylic oxidation sites excluding steroid dienone is 2. The summed E-state index contributed by atoms with van der Waals surface area (Å²) in [7, 11) is -3.89. The first-order valence-electron chi connectivity index (χ1n) is 10.5. The number of benzene rings is 3. The van der Waals surface area contributed by atoms with E-state index in [0.29, 0.717) is 5.56 Å². The molecule has 0 radical (unpaired) electrons. The molecule has 0 amide bonds. The number of rotatable bonds is 5. The van der Waals surface area contributed by atoms with Gasteiger partial charge in [0, 0.05) is 22.9 Å². The van der Waals surface area contributed by atoms with Crippen LogP contribution in [0.3, 0.4) is 0 Å². The fraction of sp³-hybridized carbons (Fsp3) is 0.160. The van der Waals surface area contributed by atoms with Crippen LogP contribution in [0.2, 0.25) is 0 Å². The summed E-state index contributed by atoms with van der Waals surface area (Å²) < 4.78 is 43.1. The molecule has 2 aliphatic rings. The second-order valence-electron chi connectivity index (χ2n) is 8.23. The van der Waals surface area contributed by atoms with Gasteiger partial charge in [-0.3, -0.25) is 4.72 Å². The Morgan fingerprint density at radius 1 is 1.03 bits per heavy atom. The van der Waals surface area contributed by atoms with Gasteiger partial charge in [-0.25, -0.2) is 17.6 Å². The van der Waals surface area contributed by atoms with E-state index in [1.165, 1.54) is 36.4 Å². The molecule has 3 atom stereocenters. The van der Waals surface area contributed by atoms with Crippen molar-refractivity contribution >= 4 is 27.4 Å². The van der Waals surface area contributed by atoms with Gasteiger partial charge in [-0.2, -0.15) is 0 Å². The Hall–Kier alpha value is -3.65. The largest absolute Gasteiger partial charge is 0.478 e. The highest BCUT2D eigenvalue weighted by molar-refractivity contribution is 7.92. The van der Waals surface area contributed by atoms with E-state index in [1.807, 2.05) is 6.07 Å². The van der Waals surface area contributed by atoms with Gasteiger partial charge in [-0.05, 0) is 66.4 Å². The zero-order valence-corrected chi connectivity index (χ0v) is 18.2. The average Bonchev–Trinajstić information content (AvgIpc) is 3.29. The Labute approximate surface area is 190 Å². The summed E-state index contributed by atoms with van der Waals surface area (Å²) in [6.07, 6.45) is 4.89. The van der Waals surface area contributed by atoms with Gasteiger partial charge in [-0.15, -0.1) is 0 Å². The van der Waals surface area contributed by atoms with Gasteiger partial charge in [0.2, 0.25) is 0 Å². The number of fused-ring (bicyclic) bond motifs is 3. The second-order valence-corrected chi connectivity index (χ2v) is 9.92. The number of anilines is 2. The minimum absolute atomic E-state index is 0.0316. The van der Waals surface area contributed by atoms with Crippen LogP contribution in [0.25, 0.3) is 0 Å². The zero-order chi connectivity index (χ0) is 23.2. The van der Waals surface area contributed by atoms with Crippen LogP contribution >= 0.6 is 0 Å². The quantitative estimate of drug-likeness (QED) is 0.454. The third-order valence-electron chi connectivity index (χ3n) is 6.27. The molecule has 0 unspecified atom stereocenters. The lowest BCUT2D eigenvalue weighted by Crippen LogP contribution is -2.30. The maximum Gasteiger partial charge on any atom is 0.335 e. The minimum atomic E-state index is -3.89. The summed E-state index contributed by atoms with van der Waals surface area (Å²) in [6.45, 7) is 0. The van der Waals surface area contributed by atoms with Crippen molar-refractivity contribution in [3.05, 3.63) is 101 Å². The van der Waals surface area contributed by atoms with Crippen LogP contribution in [-0.4, -0.2) is 19.5 Å². The maximum absolute atomic E-state index is 14.5. The number of hydrogen-bond acceptors (Lipinski definition) is 4. The first-order chi connectivity index (χ1) is 15.8. The highest BCUT2D eigenvalue weighted by Crippen LogP contribution is 2.50. The fourth-order valence-corrected chi connectivity index (χ4v) is 5.76. The number of hydrogen-bond donors (Lipinski definition) is 3. The predicted octanol–water partition coefficient (Wildman–Crippen LogP) is 5.15. The molecule has 0 aromatic heterocycles. The molecule has 1 aliphatic carbocycles. The van der Waals surface area contributed by atoms with E-state index in [4.69, 9.17) is 5.11 Å². The summed E-state index contributed by atoms with van der Waals surface area (Å²) >= 11 is 0. The molecule has 3 aromatic carbocycles. The van der Waals surface area contributed by atoms with Crippen LogP contribution in [0, 0.1) is 11.7 Å². The molecule has 168 valence electrons. The number of carboxylic acid groups (broad SMARTS) is 1. The molecule has 8 heteroatoms. The highest BCUT2D eigenvalue weighted by Gasteiger charge is 2.39. The molecule has 0 fully saturated rings. The smallest absolute Gasteiger partial charge is 0.335 e. The van der Waals surface area contributed by atoms with Crippen molar-refractivity contribution in [3.8, 4) is 0 Å². The molecule has 0 saturated carbocycles. The normalized spacial score (nSPS) is 21.1. The van der Waals surface area contributed by atoms with Crippen LogP contribution in [0.5, 0.6) is 0 Å². The Balaban J connectivity index is 1.46. The zero-order valence-electron chi connectivity index (χ0n) is 17.4. The van der Waals surface area contributed by atoms with Gasteiger partial charge in [0.25, 0.3) is 10.0 Å². The van der Waals surface area contributed by atoms with Gasteiger partial charge in [-0.1, -0.05) is 30.4 Å². The number of halogens is 1. The van der Waals surface area contributed by atoms with Crippen LogP contribution in [0.1, 0.15) is 39.9 Å². The summed E-state index contributed by atoms with van der Waals surface area (Å²) in [5.41, 5.74) is 2.58. The number of nitrogens with one attached hydrogen (secondary N) is 2. The third kappa shape index (κ3) is 3.87. The van der Waals surface area contributed by atoms with Crippen molar-refractivity contribution in [3.63, 3.8) is 0 Å². The number of aromatic carboxylic acids is 1. The Bertz CT molecular complexity index is 1370. The van der Waals surface area contributed by atoms with E-state index in [2.05, 4.69) is 22.2 Å². The third-order valence-corrected chi connectivity index (χ3v) is 7.65. The number of carbonyl (C=O) groups is 1. The molecule has 5 rings (SSSR count). The van der Waals surface area contributed by atoms with Crippen molar-refractivity contribution in [2.45, 2.75) is 23.3 Å². The average molecular weight is 465 g/mol. The van der Waals surface area contributed by atoms with Crippen LogP contribution < -0.4 is 10.0 Å². The number of carboxylic acids is 1. The first kappa shape index (κ1) is 21.2. The van der Waals surface area contributed by atoms with E-state index >= 15 is 0 Å². The molecule has 6 nitrogen and oxygen atoms in total. The fourth-order valence-electron chi connectivity index (χ4n) is 4.67. The van der Waals surface area contributed by atoms with Gasteiger partial charge >= 0.3 is 5.97 Å². The van der Waals surface area contributed by atoms with Crippen LogP contribution in [0.15, 0.2) is 83.8 Å². The molecule has 33 heavy (non-hydrogen) atoms.